The lowest BCUT2D eigenvalue weighted by Gasteiger charge is -2.16. The van der Waals surface area contributed by atoms with Crippen LogP contribution in [0, 0.1) is 0 Å². The monoisotopic (exact) mass is 357 g/mol. The average molecular weight is 359 g/mol. The first-order chi connectivity index (χ1) is 8.95. The summed E-state index contributed by atoms with van der Waals surface area (Å²) in [6, 6.07) is 3.22. The van der Waals surface area contributed by atoms with Gasteiger partial charge in [0.15, 0.2) is 0 Å². The van der Waals surface area contributed by atoms with Crippen LogP contribution >= 0.6 is 47.2 Å². The molecule has 0 aromatic heterocycles. The molecule has 1 aromatic carbocycles. The van der Waals surface area contributed by atoms with Crippen LogP contribution in [0.2, 0.25) is 15.1 Å². The molecule has 1 aromatic rings. The van der Waals surface area contributed by atoms with Crippen molar-refractivity contribution in [2.45, 2.75) is 12.5 Å². The van der Waals surface area contributed by atoms with Gasteiger partial charge in [-0.3, -0.25) is 9.69 Å². The number of likely N-dealkylation sites (tertiary alicyclic amines) is 1. The molecule has 1 fully saturated rings. The first-order valence-electron chi connectivity index (χ1n) is 5.88. The van der Waals surface area contributed by atoms with Crippen molar-refractivity contribution in [3.05, 3.63) is 27.2 Å². The first-order valence-corrected chi connectivity index (χ1v) is 7.01. The highest BCUT2D eigenvalue weighted by atomic mass is 35.5. The molecule has 0 radical (unpaired) electrons. The smallest absolute Gasteiger partial charge is 0.238 e. The zero-order chi connectivity index (χ0) is 14.0. The molecule has 1 aliphatic heterocycles. The lowest BCUT2D eigenvalue weighted by molar-refractivity contribution is -0.117. The van der Waals surface area contributed by atoms with Gasteiger partial charge in [-0.2, -0.15) is 0 Å². The van der Waals surface area contributed by atoms with Crippen LogP contribution in [-0.2, 0) is 4.79 Å². The molecule has 1 unspecified atom stereocenters. The van der Waals surface area contributed by atoms with Crippen molar-refractivity contribution in [1.82, 2.24) is 4.90 Å². The van der Waals surface area contributed by atoms with Crippen molar-refractivity contribution in [2.75, 3.05) is 25.0 Å². The number of anilines is 1. The Hall–Kier alpha value is -0.230. The molecule has 112 valence electrons. The summed E-state index contributed by atoms with van der Waals surface area (Å²) in [4.78, 5) is 13.9. The van der Waals surface area contributed by atoms with Gasteiger partial charge in [0.25, 0.3) is 0 Å². The second-order valence-electron chi connectivity index (χ2n) is 4.58. The third-order valence-corrected chi connectivity index (χ3v) is 3.76. The molecule has 1 saturated heterocycles. The molecule has 0 bridgehead atoms. The molecule has 0 aliphatic carbocycles. The van der Waals surface area contributed by atoms with Gasteiger partial charge in [0.1, 0.15) is 0 Å². The molecule has 1 heterocycles. The Labute approximate surface area is 138 Å². The largest absolute Gasteiger partial charge is 0.326 e. The topological polar surface area (TPSA) is 58.4 Å². The number of amides is 1. The van der Waals surface area contributed by atoms with Gasteiger partial charge in [0, 0.05) is 24.2 Å². The van der Waals surface area contributed by atoms with Crippen LogP contribution < -0.4 is 11.1 Å². The van der Waals surface area contributed by atoms with Gasteiger partial charge in [0.2, 0.25) is 5.91 Å². The Morgan fingerprint density at radius 1 is 1.35 bits per heavy atom. The van der Waals surface area contributed by atoms with Crippen LogP contribution in [-0.4, -0.2) is 36.5 Å². The summed E-state index contributed by atoms with van der Waals surface area (Å²) < 4.78 is 0. The van der Waals surface area contributed by atoms with Gasteiger partial charge in [-0.1, -0.05) is 34.8 Å². The standard InChI is InChI=1S/C12H14Cl3N3O.ClH/c13-7-3-9(14)12(10(15)4-7)17-11(19)6-18-2-1-8(16)5-18;/h3-4,8H,1-2,5-6,16H2,(H,17,19);1H. The lowest BCUT2D eigenvalue weighted by atomic mass is 10.3. The molecule has 2 rings (SSSR count). The fourth-order valence-electron chi connectivity index (χ4n) is 2.05. The summed E-state index contributed by atoms with van der Waals surface area (Å²) in [7, 11) is 0. The normalized spacial score (nSPS) is 18.7. The Morgan fingerprint density at radius 3 is 2.45 bits per heavy atom. The molecule has 0 spiro atoms. The Kier molecular flexibility index (Phi) is 6.85. The molecule has 1 amide bonds. The van der Waals surface area contributed by atoms with E-state index in [0.29, 0.717) is 20.8 Å². The number of hydrogen-bond donors (Lipinski definition) is 2. The number of halogens is 4. The van der Waals surface area contributed by atoms with Crippen molar-refractivity contribution in [2.24, 2.45) is 5.73 Å². The minimum Gasteiger partial charge on any atom is -0.326 e. The van der Waals surface area contributed by atoms with E-state index in [0.717, 1.165) is 19.5 Å². The van der Waals surface area contributed by atoms with Crippen molar-refractivity contribution >= 4 is 58.8 Å². The van der Waals surface area contributed by atoms with Crippen LogP contribution in [0.15, 0.2) is 12.1 Å². The number of benzene rings is 1. The van der Waals surface area contributed by atoms with Crippen LogP contribution in [0.25, 0.3) is 0 Å². The summed E-state index contributed by atoms with van der Waals surface area (Å²) in [6.45, 7) is 1.84. The van der Waals surface area contributed by atoms with E-state index >= 15 is 0 Å². The predicted molar refractivity (Wildman–Crippen MR) is 86.4 cm³/mol. The van der Waals surface area contributed by atoms with Crippen LogP contribution in [0.4, 0.5) is 5.69 Å². The highest BCUT2D eigenvalue weighted by Crippen LogP contribution is 2.33. The first kappa shape index (κ1) is 17.8. The SMILES string of the molecule is Cl.NC1CCN(CC(=O)Nc2c(Cl)cc(Cl)cc2Cl)C1. The number of rotatable bonds is 3. The van der Waals surface area contributed by atoms with E-state index in [-0.39, 0.29) is 30.9 Å². The van der Waals surface area contributed by atoms with Crippen molar-refractivity contribution in [1.29, 1.82) is 0 Å². The maximum atomic E-state index is 11.9. The number of nitrogens with two attached hydrogens (primary N) is 1. The zero-order valence-electron chi connectivity index (χ0n) is 10.5. The fraction of sp³-hybridized carbons (Fsp3) is 0.417. The highest BCUT2D eigenvalue weighted by Gasteiger charge is 2.21. The maximum Gasteiger partial charge on any atom is 0.238 e. The summed E-state index contributed by atoms with van der Waals surface area (Å²) in [6.07, 6.45) is 0.912. The van der Waals surface area contributed by atoms with Gasteiger partial charge in [-0.25, -0.2) is 0 Å². The molecule has 3 N–H and O–H groups in total. The van der Waals surface area contributed by atoms with E-state index in [1.54, 1.807) is 0 Å². The molecular weight excluding hydrogens is 344 g/mol. The average Bonchev–Trinajstić information content (AvgIpc) is 2.69. The number of carbonyl (C=O) groups is 1. The highest BCUT2D eigenvalue weighted by molar-refractivity contribution is 6.42. The molecule has 1 atom stereocenters. The maximum absolute atomic E-state index is 11.9. The number of nitrogens with one attached hydrogen (secondary N) is 1. The second kappa shape index (κ2) is 7.69. The number of nitrogens with zero attached hydrogens (tertiary/aromatic N) is 1. The Morgan fingerprint density at radius 2 is 1.95 bits per heavy atom. The second-order valence-corrected chi connectivity index (χ2v) is 5.83. The molecule has 0 saturated carbocycles. The third-order valence-electron chi connectivity index (χ3n) is 2.95. The summed E-state index contributed by atoms with van der Waals surface area (Å²) in [5.74, 6) is -0.166. The van der Waals surface area contributed by atoms with Crippen LogP contribution in [0.5, 0.6) is 0 Å². The van der Waals surface area contributed by atoms with Gasteiger partial charge in [0.05, 0.1) is 22.3 Å². The van der Waals surface area contributed by atoms with E-state index in [9.17, 15) is 4.79 Å². The van der Waals surface area contributed by atoms with Crippen molar-refractivity contribution < 1.29 is 4.79 Å². The summed E-state index contributed by atoms with van der Waals surface area (Å²) in [5.41, 5.74) is 6.18. The predicted octanol–water partition coefficient (Wildman–Crippen LogP) is 3.04. The van der Waals surface area contributed by atoms with E-state index in [1.165, 1.54) is 12.1 Å². The third kappa shape index (κ3) is 4.65. The molecular formula is C12H15Cl4N3O. The number of carbonyl (C=O) groups excluding carboxylic acids is 1. The van der Waals surface area contributed by atoms with Crippen molar-refractivity contribution in [3.8, 4) is 0 Å². The minimum atomic E-state index is -0.166. The summed E-state index contributed by atoms with van der Waals surface area (Å²) in [5, 5.41) is 3.78. The summed E-state index contributed by atoms with van der Waals surface area (Å²) >= 11 is 17.8. The van der Waals surface area contributed by atoms with E-state index in [1.807, 2.05) is 4.90 Å². The fourth-order valence-corrected chi connectivity index (χ4v) is 2.96. The van der Waals surface area contributed by atoms with E-state index < -0.39 is 0 Å². The minimum absolute atomic E-state index is 0. The van der Waals surface area contributed by atoms with Crippen LogP contribution in [0.1, 0.15) is 6.42 Å². The van der Waals surface area contributed by atoms with E-state index in [2.05, 4.69) is 5.32 Å². The van der Waals surface area contributed by atoms with Crippen molar-refractivity contribution in [3.63, 3.8) is 0 Å². The van der Waals surface area contributed by atoms with Gasteiger partial charge in [-0.15, -0.1) is 12.4 Å². The zero-order valence-corrected chi connectivity index (χ0v) is 13.6. The molecule has 1 aliphatic rings. The quantitative estimate of drug-likeness (QED) is 0.872. The van der Waals surface area contributed by atoms with E-state index in [4.69, 9.17) is 40.5 Å². The van der Waals surface area contributed by atoms with Gasteiger partial charge >= 0.3 is 0 Å². The Bertz CT molecular complexity index is 475. The lowest BCUT2D eigenvalue weighted by Crippen LogP contribution is -2.33. The molecule has 8 heteroatoms. The molecule has 20 heavy (non-hydrogen) atoms. The molecule has 4 nitrogen and oxygen atoms in total. The van der Waals surface area contributed by atoms with Gasteiger partial charge < -0.3 is 11.1 Å². The van der Waals surface area contributed by atoms with Gasteiger partial charge in [-0.05, 0) is 18.6 Å². The number of hydrogen-bond acceptors (Lipinski definition) is 3. The Balaban J connectivity index is 0.00000200. The van der Waals surface area contributed by atoms with Crippen LogP contribution in [0.3, 0.4) is 0 Å².